The van der Waals surface area contributed by atoms with Gasteiger partial charge in [-0.2, -0.15) is 18.3 Å². The van der Waals surface area contributed by atoms with Gasteiger partial charge in [0, 0.05) is 36.0 Å². The summed E-state index contributed by atoms with van der Waals surface area (Å²) in [5.41, 5.74) is 2.56. The molecule has 130 valence electrons. The first kappa shape index (κ1) is 16.2. The van der Waals surface area contributed by atoms with Gasteiger partial charge in [0.25, 0.3) is 0 Å². The van der Waals surface area contributed by atoms with E-state index in [1.807, 2.05) is 19.1 Å². The van der Waals surface area contributed by atoms with Crippen LogP contribution in [0.4, 0.5) is 13.2 Å². The van der Waals surface area contributed by atoms with E-state index in [1.54, 1.807) is 30.6 Å². The summed E-state index contributed by atoms with van der Waals surface area (Å²) in [6.45, 7) is 1.85. The highest BCUT2D eigenvalue weighted by atomic mass is 19.4. The van der Waals surface area contributed by atoms with Gasteiger partial charge >= 0.3 is 6.18 Å². The molecular weight excluding hydrogens is 343 g/mol. The standard InChI is InChI=1S/C18H12F3N5/c1-11-5-6-12(8-23-11)15-16(14-4-2-3-7-22-14)25-26-10-13(18(19,20)21)9-24-17(15)26/h2-10H,1H3. The highest BCUT2D eigenvalue weighted by Crippen LogP contribution is 2.35. The van der Waals surface area contributed by atoms with Crippen LogP contribution < -0.4 is 0 Å². The van der Waals surface area contributed by atoms with Gasteiger partial charge in [-0.25, -0.2) is 9.50 Å². The number of fused-ring (bicyclic) bond motifs is 1. The Hall–Kier alpha value is -3.29. The summed E-state index contributed by atoms with van der Waals surface area (Å²) in [4.78, 5) is 12.6. The molecule has 0 saturated heterocycles. The minimum absolute atomic E-state index is 0.310. The van der Waals surface area contributed by atoms with E-state index in [1.165, 1.54) is 0 Å². The second kappa shape index (κ2) is 5.91. The molecule has 0 saturated carbocycles. The first-order valence-corrected chi connectivity index (χ1v) is 7.73. The van der Waals surface area contributed by atoms with Crippen LogP contribution in [0.2, 0.25) is 0 Å². The Bertz CT molecular complexity index is 1070. The van der Waals surface area contributed by atoms with Gasteiger partial charge in [-0.1, -0.05) is 12.1 Å². The van der Waals surface area contributed by atoms with Crippen LogP contribution in [0.1, 0.15) is 11.3 Å². The fraction of sp³-hybridized carbons (Fsp3) is 0.111. The fourth-order valence-corrected chi connectivity index (χ4v) is 2.65. The predicted molar refractivity (Wildman–Crippen MR) is 89.2 cm³/mol. The number of hydrogen-bond acceptors (Lipinski definition) is 4. The molecule has 0 aliphatic rings. The van der Waals surface area contributed by atoms with Crippen LogP contribution in [-0.2, 0) is 6.18 Å². The van der Waals surface area contributed by atoms with E-state index in [4.69, 9.17) is 0 Å². The Morgan fingerprint density at radius 1 is 0.962 bits per heavy atom. The molecule has 0 atom stereocenters. The van der Waals surface area contributed by atoms with Gasteiger partial charge in [0.15, 0.2) is 5.65 Å². The van der Waals surface area contributed by atoms with Crippen LogP contribution in [0.25, 0.3) is 28.2 Å². The maximum absolute atomic E-state index is 13.0. The maximum Gasteiger partial charge on any atom is 0.419 e. The average Bonchev–Trinajstić information content (AvgIpc) is 3.01. The summed E-state index contributed by atoms with van der Waals surface area (Å²) >= 11 is 0. The fourth-order valence-electron chi connectivity index (χ4n) is 2.65. The van der Waals surface area contributed by atoms with Crippen molar-refractivity contribution in [3.8, 4) is 22.5 Å². The van der Waals surface area contributed by atoms with Crippen molar-refractivity contribution in [2.75, 3.05) is 0 Å². The lowest BCUT2D eigenvalue weighted by atomic mass is 10.1. The SMILES string of the molecule is Cc1ccc(-c2c(-c3ccccn3)nn3cc(C(F)(F)F)cnc23)cn1. The van der Waals surface area contributed by atoms with Crippen molar-refractivity contribution in [2.24, 2.45) is 0 Å². The molecule has 4 heterocycles. The number of halogens is 3. The molecule has 0 unspecified atom stereocenters. The zero-order valence-corrected chi connectivity index (χ0v) is 13.6. The van der Waals surface area contributed by atoms with E-state index in [-0.39, 0.29) is 0 Å². The molecule has 0 radical (unpaired) electrons. The summed E-state index contributed by atoms with van der Waals surface area (Å²) in [5, 5.41) is 4.32. The van der Waals surface area contributed by atoms with E-state index < -0.39 is 11.7 Å². The number of nitrogens with zero attached hydrogens (tertiary/aromatic N) is 5. The van der Waals surface area contributed by atoms with Crippen molar-refractivity contribution in [3.63, 3.8) is 0 Å². The van der Waals surface area contributed by atoms with E-state index in [2.05, 4.69) is 20.1 Å². The lowest BCUT2D eigenvalue weighted by Gasteiger charge is -2.06. The van der Waals surface area contributed by atoms with Gasteiger partial charge < -0.3 is 0 Å². The van der Waals surface area contributed by atoms with Gasteiger partial charge in [-0.05, 0) is 25.1 Å². The van der Waals surface area contributed by atoms with Crippen LogP contribution in [0.5, 0.6) is 0 Å². The third-order valence-corrected chi connectivity index (χ3v) is 3.91. The smallest absolute Gasteiger partial charge is 0.261 e. The Kier molecular flexibility index (Phi) is 3.68. The van der Waals surface area contributed by atoms with Gasteiger partial charge in [0.2, 0.25) is 0 Å². The van der Waals surface area contributed by atoms with Gasteiger partial charge in [-0.15, -0.1) is 0 Å². The Balaban J connectivity index is 2.01. The Morgan fingerprint density at radius 2 is 1.81 bits per heavy atom. The highest BCUT2D eigenvalue weighted by molar-refractivity contribution is 5.89. The second-order valence-corrected chi connectivity index (χ2v) is 5.74. The van der Waals surface area contributed by atoms with E-state index in [0.29, 0.717) is 28.2 Å². The molecule has 5 nitrogen and oxygen atoms in total. The molecule has 8 heteroatoms. The van der Waals surface area contributed by atoms with Crippen LogP contribution in [0.15, 0.2) is 55.1 Å². The number of aromatic nitrogens is 5. The topological polar surface area (TPSA) is 56.0 Å². The van der Waals surface area contributed by atoms with Crippen molar-refractivity contribution < 1.29 is 13.2 Å². The Labute approximate surface area is 146 Å². The molecule has 0 aliphatic carbocycles. The highest BCUT2D eigenvalue weighted by Gasteiger charge is 2.32. The molecule has 0 aromatic carbocycles. The largest absolute Gasteiger partial charge is 0.419 e. The first-order chi connectivity index (χ1) is 12.4. The first-order valence-electron chi connectivity index (χ1n) is 7.73. The number of alkyl halides is 3. The normalized spacial score (nSPS) is 11.8. The average molecular weight is 355 g/mol. The quantitative estimate of drug-likeness (QED) is 0.541. The van der Waals surface area contributed by atoms with E-state index in [0.717, 1.165) is 22.6 Å². The molecule has 4 aromatic heterocycles. The summed E-state index contributed by atoms with van der Waals surface area (Å²) in [6, 6.07) is 8.96. The number of hydrogen-bond donors (Lipinski definition) is 0. The van der Waals surface area contributed by atoms with E-state index >= 15 is 0 Å². The summed E-state index contributed by atoms with van der Waals surface area (Å²) in [5.74, 6) is 0. The van der Waals surface area contributed by atoms with Gasteiger partial charge in [-0.3, -0.25) is 9.97 Å². The zero-order chi connectivity index (χ0) is 18.3. The molecule has 0 N–H and O–H groups in total. The van der Waals surface area contributed by atoms with Crippen LogP contribution in [0.3, 0.4) is 0 Å². The molecule has 0 aliphatic heterocycles. The van der Waals surface area contributed by atoms with Crippen LogP contribution in [0, 0.1) is 6.92 Å². The number of aryl methyl sites for hydroxylation is 1. The third kappa shape index (κ3) is 2.79. The number of rotatable bonds is 2. The molecule has 26 heavy (non-hydrogen) atoms. The van der Waals surface area contributed by atoms with Crippen molar-refractivity contribution >= 4 is 5.65 Å². The molecule has 4 aromatic rings. The predicted octanol–water partition coefficient (Wildman–Crippen LogP) is 4.18. The molecule has 0 amide bonds. The van der Waals surface area contributed by atoms with Crippen molar-refractivity contribution in [3.05, 3.63) is 66.4 Å². The van der Waals surface area contributed by atoms with Gasteiger partial charge in [0.05, 0.1) is 16.8 Å². The molecule has 0 spiro atoms. The summed E-state index contributed by atoms with van der Waals surface area (Å²) in [6.07, 6.45) is 0.497. The molecule has 0 bridgehead atoms. The lowest BCUT2D eigenvalue weighted by molar-refractivity contribution is -0.138. The summed E-state index contributed by atoms with van der Waals surface area (Å²) < 4.78 is 40.2. The molecule has 4 rings (SSSR count). The third-order valence-electron chi connectivity index (χ3n) is 3.91. The van der Waals surface area contributed by atoms with Crippen molar-refractivity contribution in [1.82, 2.24) is 24.6 Å². The van der Waals surface area contributed by atoms with E-state index in [9.17, 15) is 13.2 Å². The second-order valence-electron chi connectivity index (χ2n) is 5.74. The summed E-state index contributed by atoms with van der Waals surface area (Å²) in [7, 11) is 0. The van der Waals surface area contributed by atoms with Gasteiger partial charge in [0.1, 0.15) is 5.69 Å². The monoisotopic (exact) mass is 355 g/mol. The van der Waals surface area contributed by atoms with Crippen LogP contribution in [-0.4, -0.2) is 24.6 Å². The minimum atomic E-state index is -4.50. The Morgan fingerprint density at radius 3 is 2.46 bits per heavy atom. The zero-order valence-electron chi connectivity index (χ0n) is 13.6. The minimum Gasteiger partial charge on any atom is -0.261 e. The van der Waals surface area contributed by atoms with Crippen molar-refractivity contribution in [1.29, 1.82) is 0 Å². The lowest BCUT2D eigenvalue weighted by Crippen LogP contribution is -2.07. The van der Waals surface area contributed by atoms with Crippen molar-refractivity contribution in [2.45, 2.75) is 13.1 Å². The molecular formula is C18H12F3N5. The molecule has 0 fully saturated rings. The number of pyridine rings is 2. The maximum atomic E-state index is 13.0. The van der Waals surface area contributed by atoms with Crippen LogP contribution >= 0.6 is 0 Å².